The molecule has 0 unspecified atom stereocenters. The van der Waals surface area contributed by atoms with Crippen LogP contribution in [0.25, 0.3) is 0 Å². The number of hydrogen-bond acceptors (Lipinski definition) is 5. The molecule has 0 aromatic heterocycles. The summed E-state index contributed by atoms with van der Waals surface area (Å²) in [5.74, 6) is 1.00. The van der Waals surface area contributed by atoms with Gasteiger partial charge in [0.15, 0.2) is 0 Å². The summed E-state index contributed by atoms with van der Waals surface area (Å²) in [5, 5.41) is 0. The van der Waals surface area contributed by atoms with E-state index in [1.54, 1.807) is 12.0 Å². The number of benzene rings is 1. The maximum absolute atomic E-state index is 12.7. The highest BCUT2D eigenvalue weighted by Gasteiger charge is 2.37. The van der Waals surface area contributed by atoms with Crippen LogP contribution in [0.2, 0.25) is 0 Å². The van der Waals surface area contributed by atoms with E-state index in [4.69, 9.17) is 9.47 Å². The molecular formula is C21H29N3O4. The standard InChI is InChI=1S/C21H29N3O4/c1-27-18-4-3-15-13-20(25)24(19(15)14-18)17-7-9-22(10-8-17)16-5-11-23(12-6-16)21(26)28-2/h3-4,14,16-17H,5-13H2,1-2H3. The van der Waals surface area contributed by atoms with Gasteiger partial charge in [-0.15, -0.1) is 0 Å². The molecule has 2 saturated heterocycles. The van der Waals surface area contributed by atoms with Crippen molar-refractivity contribution in [3.63, 3.8) is 0 Å². The van der Waals surface area contributed by atoms with E-state index in [0.717, 1.165) is 68.9 Å². The van der Waals surface area contributed by atoms with Crippen molar-refractivity contribution >= 4 is 17.7 Å². The molecule has 1 aromatic carbocycles. The van der Waals surface area contributed by atoms with Gasteiger partial charge in [0.2, 0.25) is 5.91 Å². The van der Waals surface area contributed by atoms with E-state index in [2.05, 4.69) is 4.90 Å². The summed E-state index contributed by atoms with van der Waals surface area (Å²) in [7, 11) is 3.10. The molecule has 7 nitrogen and oxygen atoms in total. The number of piperidine rings is 2. The normalized spacial score (nSPS) is 21.7. The summed E-state index contributed by atoms with van der Waals surface area (Å²) in [6, 6.07) is 6.71. The fourth-order valence-corrected chi connectivity index (χ4v) is 4.88. The predicted molar refractivity (Wildman–Crippen MR) is 106 cm³/mol. The second kappa shape index (κ2) is 7.99. The van der Waals surface area contributed by atoms with Crippen LogP contribution in [0, 0.1) is 0 Å². The molecule has 1 aromatic rings. The average Bonchev–Trinajstić information content (AvgIpc) is 3.08. The topological polar surface area (TPSA) is 62.3 Å². The number of carbonyl (C=O) groups excluding carboxylic acids is 2. The number of likely N-dealkylation sites (tertiary alicyclic amines) is 2. The van der Waals surface area contributed by atoms with Crippen LogP contribution in [0.3, 0.4) is 0 Å². The van der Waals surface area contributed by atoms with Crippen LogP contribution in [0.5, 0.6) is 5.75 Å². The van der Waals surface area contributed by atoms with Gasteiger partial charge in [-0.25, -0.2) is 4.79 Å². The Labute approximate surface area is 166 Å². The Kier molecular flexibility index (Phi) is 5.44. The fraction of sp³-hybridized carbons (Fsp3) is 0.619. The number of hydrogen-bond donors (Lipinski definition) is 0. The molecule has 0 radical (unpaired) electrons. The molecule has 7 heteroatoms. The van der Waals surface area contributed by atoms with Crippen LogP contribution in [-0.4, -0.2) is 74.3 Å². The number of rotatable bonds is 3. The molecular weight excluding hydrogens is 358 g/mol. The maximum atomic E-state index is 12.7. The molecule has 28 heavy (non-hydrogen) atoms. The summed E-state index contributed by atoms with van der Waals surface area (Å²) in [4.78, 5) is 30.7. The Bertz CT molecular complexity index is 737. The van der Waals surface area contributed by atoms with E-state index in [0.29, 0.717) is 12.5 Å². The van der Waals surface area contributed by atoms with Gasteiger partial charge >= 0.3 is 6.09 Å². The Hall–Kier alpha value is -2.28. The molecule has 0 saturated carbocycles. The average molecular weight is 387 g/mol. The lowest BCUT2D eigenvalue weighted by atomic mass is 9.97. The molecule has 0 atom stereocenters. The summed E-state index contributed by atoms with van der Waals surface area (Å²) in [6.07, 6.45) is 4.22. The second-order valence-electron chi connectivity index (χ2n) is 7.89. The molecule has 0 bridgehead atoms. The molecule has 0 N–H and O–H groups in total. The van der Waals surface area contributed by atoms with E-state index in [-0.39, 0.29) is 18.0 Å². The second-order valence-corrected chi connectivity index (χ2v) is 7.89. The smallest absolute Gasteiger partial charge is 0.409 e. The van der Waals surface area contributed by atoms with Crippen LogP contribution < -0.4 is 9.64 Å². The van der Waals surface area contributed by atoms with Crippen molar-refractivity contribution in [2.75, 3.05) is 45.3 Å². The van der Waals surface area contributed by atoms with Gasteiger partial charge in [-0.3, -0.25) is 4.79 Å². The van der Waals surface area contributed by atoms with E-state index < -0.39 is 0 Å². The molecule has 152 valence electrons. The van der Waals surface area contributed by atoms with Gasteiger partial charge < -0.3 is 24.2 Å². The molecule has 3 heterocycles. The lowest BCUT2D eigenvalue weighted by Crippen LogP contribution is -2.52. The van der Waals surface area contributed by atoms with E-state index in [1.807, 2.05) is 23.1 Å². The highest BCUT2D eigenvalue weighted by atomic mass is 16.5. The molecule has 2 amide bonds. The SMILES string of the molecule is COC(=O)N1CCC(N2CCC(N3C(=O)Cc4ccc(OC)cc43)CC2)CC1. The summed E-state index contributed by atoms with van der Waals surface area (Å²) < 4.78 is 10.2. The van der Waals surface area contributed by atoms with Crippen LogP contribution >= 0.6 is 0 Å². The third kappa shape index (κ3) is 3.55. The van der Waals surface area contributed by atoms with E-state index in [1.165, 1.54) is 7.11 Å². The van der Waals surface area contributed by atoms with Crippen molar-refractivity contribution in [3.8, 4) is 5.75 Å². The monoisotopic (exact) mass is 387 g/mol. The van der Waals surface area contributed by atoms with Crippen molar-refractivity contribution < 1.29 is 19.1 Å². The Morgan fingerprint density at radius 1 is 1.00 bits per heavy atom. The van der Waals surface area contributed by atoms with Crippen LogP contribution in [0.15, 0.2) is 18.2 Å². The maximum Gasteiger partial charge on any atom is 0.409 e. The minimum atomic E-state index is -0.223. The fourth-order valence-electron chi connectivity index (χ4n) is 4.88. The number of carbonyl (C=O) groups is 2. The molecule has 0 spiro atoms. The van der Waals surface area contributed by atoms with Gasteiger partial charge in [0.05, 0.1) is 26.3 Å². The molecule has 0 aliphatic carbocycles. The van der Waals surface area contributed by atoms with Crippen molar-refractivity contribution in [3.05, 3.63) is 23.8 Å². The van der Waals surface area contributed by atoms with Crippen molar-refractivity contribution in [2.24, 2.45) is 0 Å². The Morgan fingerprint density at radius 3 is 2.32 bits per heavy atom. The molecule has 3 aliphatic heterocycles. The molecule has 2 fully saturated rings. The first kappa shape index (κ1) is 19.1. The van der Waals surface area contributed by atoms with E-state index >= 15 is 0 Å². The van der Waals surface area contributed by atoms with Crippen molar-refractivity contribution in [1.29, 1.82) is 0 Å². The van der Waals surface area contributed by atoms with Crippen LogP contribution in [0.4, 0.5) is 10.5 Å². The third-order valence-corrected chi connectivity index (χ3v) is 6.44. The first-order valence-corrected chi connectivity index (χ1v) is 10.2. The highest BCUT2D eigenvalue weighted by molar-refractivity contribution is 6.02. The molecule has 4 rings (SSSR count). The lowest BCUT2D eigenvalue weighted by molar-refractivity contribution is -0.118. The Morgan fingerprint density at radius 2 is 1.68 bits per heavy atom. The van der Waals surface area contributed by atoms with Gasteiger partial charge in [0.1, 0.15) is 5.75 Å². The van der Waals surface area contributed by atoms with Gasteiger partial charge in [-0.2, -0.15) is 0 Å². The highest BCUT2D eigenvalue weighted by Crippen LogP contribution is 2.36. The van der Waals surface area contributed by atoms with E-state index in [9.17, 15) is 9.59 Å². The largest absolute Gasteiger partial charge is 0.497 e. The van der Waals surface area contributed by atoms with Gasteiger partial charge in [-0.05, 0) is 37.3 Å². The zero-order valence-electron chi connectivity index (χ0n) is 16.7. The summed E-state index contributed by atoms with van der Waals surface area (Å²) >= 11 is 0. The van der Waals surface area contributed by atoms with Crippen molar-refractivity contribution in [1.82, 2.24) is 9.80 Å². The zero-order valence-corrected chi connectivity index (χ0v) is 16.7. The summed E-state index contributed by atoms with van der Waals surface area (Å²) in [6.45, 7) is 3.51. The third-order valence-electron chi connectivity index (χ3n) is 6.44. The van der Waals surface area contributed by atoms with Gasteiger partial charge in [0.25, 0.3) is 0 Å². The van der Waals surface area contributed by atoms with Gasteiger partial charge in [-0.1, -0.05) is 6.07 Å². The van der Waals surface area contributed by atoms with Crippen LogP contribution in [0.1, 0.15) is 31.2 Å². The first-order valence-electron chi connectivity index (χ1n) is 10.2. The number of anilines is 1. The summed E-state index contributed by atoms with van der Waals surface area (Å²) in [5.41, 5.74) is 2.12. The number of nitrogens with zero attached hydrogens (tertiary/aromatic N) is 3. The number of fused-ring (bicyclic) bond motifs is 1. The lowest BCUT2D eigenvalue weighted by Gasteiger charge is -2.43. The number of methoxy groups -OCH3 is 2. The zero-order chi connectivity index (χ0) is 19.7. The van der Waals surface area contributed by atoms with Gasteiger partial charge in [0, 0.05) is 44.3 Å². The first-order chi connectivity index (χ1) is 13.6. The van der Waals surface area contributed by atoms with Crippen LogP contribution in [-0.2, 0) is 16.0 Å². The van der Waals surface area contributed by atoms with Crippen molar-refractivity contribution in [2.45, 2.75) is 44.2 Å². The predicted octanol–water partition coefficient (Wildman–Crippen LogP) is 2.28. The number of ether oxygens (including phenoxy) is 2. The minimum absolute atomic E-state index is 0.202. The quantitative estimate of drug-likeness (QED) is 0.796. The number of amides is 2. The Balaban J connectivity index is 1.35. The molecule has 3 aliphatic rings. The minimum Gasteiger partial charge on any atom is -0.497 e.